The fourth-order valence-corrected chi connectivity index (χ4v) is 0.948. The third-order valence-corrected chi connectivity index (χ3v) is 1.83. The maximum Gasteiger partial charge on any atom is 0.157 e. The normalized spacial score (nSPS) is 13.2. The van der Waals surface area contributed by atoms with E-state index in [0.717, 1.165) is 5.56 Å². The molecule has 72 valence electrons. The van der Waals surface area contributed by atoms with E-state index in [1.54, 1.807) is 0 Å². The average Bonchev–Trinajstić information content (AvgIpc) is 2.15. The fraction of sp³-hybridized carbons (Fsp3) is 0.455. The van der Waals surface area contributed by atoms with E-state index in [1.165, 1.54) is 0 Å². The highest BCUT2D eigenvalue weighted by atomic mass is 16.6. The van der Waals surface area contributed by atoms with E-state index in [9.17, 15) is 5.11 Å². The number of ether oxygens (including phenoxy) is 1. The predicted molar refractivity (Wildman–Crippen MR) is 52.1 cm³/mol. The van der Waals surface area contributed by atoms with Crippen LogP contribution in [0.25, 0.3) is 0 Å². The van der Waals surface area contributed by atoms with Gasteiger partial charge in [0.15, 0.2) is 6.29 Å². The summed E-state index contributed by atoms with van der Waals surface area (Å²) in [5.41, 5.74) is 1.09. The smallest absolute Gasteiger partial charge is 0.157 e. The zero-order valence-corrected chi connectivity index (χ0v) is 8.10. The van der Waals surface area contributed by atoms with Crippen molar-refractivity contribution in [2.24, 2.45) is 5.92 Å². The first-order valence-electron chi connectivity index (χ1n) is 4.53. The van der Waals surface area contributed by atoms with E-state index in [4.69, 9.17) is 4.74 Å². The third kappa shape index (κ3) is 3.57. The van der Waals surface area contributed by atoms with E-state index >= 15 is 0 Å². The second-order valence-corrected chi connectivity index (χ2v) is 3.43. The first-order chi connectivity index (χ1) is 6.20. The van der Waals surface area contributed by atoms with E-state index < -0.39 is 6.29 Å². The van der Waals surface area contributed by atoms with E-state index in [0.29, 0.717) is 6.61 Å². The molecule has 1 aromatic rings. The van der Waals surface area contributed by atoms with Crippen LogP contribution in [-0.2, 0) is 11.3 Å². The maximum atomic E-state index is 9.37. The summed E-state index contributed by atoms with van der Waals surface area (Å²) in [4.78, 5) is 0. The molecule has 0 spiro atoms. The van der Waals surface area contributed by atoms with E-state index in [-0.39, 0.29) is 5.92 Å². The van der Waals surface area contributed by atoms with Gasteiger partial charge in [-0.3, -0.25) is 0 Å². The van der Waals surface area contributed by atoms with Crippen molar-refractivity contribution >= 4 is 0 Å². The molecule has 1 atom stereocenters. The molecule has 0 radical (unpaired) electrons. The summed E-state index contributed by atoms with van der Waals surface area (Å²) in [7, 11) is 0. The van der Waals surface area contributed by atoms with E-state index in [1.807, 2.05) is 44.2 Å². The van der Waals surface area contributed by atoms with Gasteiger partial charge in [-0.15, -0.1) is 0 Å². The summed E-state index contributed by atoms with van der Waals surface area (Å²) in [5, 5.41) is 9.37. The molecule has 1 aromatic carbocycles. The summed E-state index contributed by atoms with van der Waals surface area (Å²) in [5.74, 6) is 0.142. The molecule has 0 heterocycles. The van der Waals surface area contributed by atoms with Gasteiger partial charge in [0.25, 0.3) is 0 Å². The fourth-order valence-electron chi connectivity index (χ4n) is 0.948. The largest absolute Gasteiger partial charge is 0.368 e. The average molecular weight is 180 g/mol. The highest BCUT2D eigenvalue weighted by molar-refractivity contribution is 5.13. The molecule has 0 bridgehead atoms. The van der Waals surface area contributed by atoms with Crippen LogP contribution in [0, 0.1) is 5.92 Å². The van der Waals surface area contributed by atoms with Crippen LogP contribution in [0.1, 0.15) is 19.4 Å². The molecular weight excluding hydrogens is 164 g/mol. The molecule has 1 rings (SSSR count). The van der Waals surface area contributed by atoms with Crippen molar-refractivity contribution < 1.29 is 9.84 Å². The van der Waals surface area contributed by atoms with Crippen molar-refractivity contribution in [3.8, 4) is 0 Å². The maximum absolute atomic E-state index is 9.37. The lowest BCUT2D eigenvalue weighted by Crippen LogP contribution is -2.18. The van der Waals surface area contributed by atoms with Gasteiger partial charge in [-0.2, -0.15) is 0 Å². The number of hydrogen-bond donors (Lipinski definition) is 1. The molecule has 1 N–H and O–H groups in total. The summed E-state index contributed by atoms with van der Waals surface area (Å²) in [6.45, 7) is 4.32. The van der Waals surface area contributed by atoms with E-state index in [2.05, 4.69) is 0 Å². The van der Waals surface area contributed by atoms with Crippen molar-refractivity contribution in [2.45, 2.75) is 26.7 Å². The zero-order valence-electron chi connectivity index (χ0n) is 8.10. The van der Waals surface area contributed by atoms with Crippen molar-refractivity contribution in [1.29, 1.82) is 0 Å². The van der Waals surface area contributed by atoms with Crippen LogP contribution in [0.5, 0.6) is 0 Å². The second-order valence-electron chi connectivity index (χ2n) is 3.43. The van der Waals surface area contributed by atoms with Crippen LogP contribution < -0.4 is 0 Å². The minimum absolute atomic E-state index is 0.142. The minimum atomic E-state index is -0.666. The number of aliphatic hydroxyl groups excluding tert-OH is 1. The van der Waals surface area contributed by atoms with Crippen LogP contribution in [0.4, 0.5) is 0 Å². The Morgan fingerprint density at radius 3 is 2.38 bits per heavy atom. The highest BCUT2D eigenvalue weighted by Crippen LogP contribution is 2.07. The molecule has 0 fully saturated rings. The van der Waals surface area contributed by atoms with Gasteiger partial charge in [0.2, 0.25) is 0 Å². The SMILES string of the molecule is CC(C)C(O)OCc1ccccc1. The summed E-state index contributed by atoms with van der Waals surface area (Å²) in [6, 6.07) is 9.84. The monoisotopic (exact) mass is 180 g/mol. The molecule has 13 heavy (non-hydrogen) atoms. The molecule has 0 aromatic heterocycles. The number of rotatable bonds is 4. The second kappa shape index (κ2) is 5.00. The molecule has 0 aliphatic heterocycles. The van der Waals surface area contributed by atoms with Crippen LogP contribution >= 0.6 is 0 Å². The Kier molecular flexibility index (Phi) is 3.93. The Hall–Kier alpha value is -0.860. The summed E-state index contributed by atoms with van der Waals surface area (Å²) >= 11 is 0. The topological polar surface area (TPSA) is 29.5 Å². The molecule has 0 saturated carbocycles. The van der Waals surface area contributed by atoms with Gasteiger partial charge in [0.05, 0.1) is 6.61 Å². The Labute approximate surface area is 79.2 Å². The summed E-state index contributed by atoms with van der Waals surface area (Å²) < 4.78 is 5.24. The minimum Gasteiger partial charge on any atom is -0.368 e. The van der Waals surface area contributed by atoms with Crippen molar-refractivity contribution in [2.75, 3.05) is 0 Å². The first kappa shape index (κ1) is 10.2. The lowest BCUT2D eigenvalue weighted by Gasteiger charge is -2.14. The third-order valence-electron chi connectivity index (χ3n) is 1.83. The summed E-state index contributed by atoms with van der Waals surface area (Å²) in [6.07, 6.45) is -0.666. The van der Waals surface area contributed by atoms with Gasteiger partial charge in [-0.25, -0.2) is 0 Å². The number of hydrogen-bond acceptors (Lipinski definition) is 2. The standard InChI is InChI=1S/C11H16O2/c1-9(2)11(12)13-8-10-6-4-3-5-7-10/h3-7,9,11-12H,8H2,1-2H3. The lowest BCUT2D eigenvalue weighted by atomic mass is 10.2. The Balaban J connectivity index is 2.35. The number of benzene rings is 1. The molecule has 2 nitrogen and oxygen atoms in total. The van der Waals surface area contributed by atoms with Crippen molar-refractivity contribution in [3.63, 3.8) is 0 Å². The first-order valence-corrected chi connectivity index (χ1v) is 4.53. The quantitative estimate of drug-likeness (QED) is 0.720. The van der Waals surface area contributed by atoms with Gasteiger partial charge in [-0.05, 0) is 5.56 Å². The van der Waals surface area contributed by atoms with Crippen LogP contribution in [-0.4, -0.2) is 11.4 Å². The Morgan fingerprint density at radius 2 is 1.85 bits per heavy atom. The molecule has 0 saturated heterocycles. The zero-order chi connectivity index (χ0) is 9.68. The van der Waals surface area contributed by atoms with Crippen LogP contribution in [0.15, 0.2) is 30.3 Å². The highest BCUT2D eigenvalue weighted by Gasteiger charge is 2.08. The van der Waals surface area contributed by atoms with Gasteiger partial charge in [0, 0.05) is 5.92 Å². The lowest BCUT2D eigenvalue weighted by molar-refractivity contribution is -0.134. The number of aliphatic hydroxyl groups is 1. The van der Waals surface area contributed by atoms with Gasteiger partial charge >= 0.3 is 0 Å². The molecule has 0 amide bonds. The Morgan fingerprint density at radius 1 is 1.23 bits per heavy atom. The van der Waals surface area contributed by atoms with Crippen LogP contribution in [0.2, 0.25) is 0 Å². The molecule has 1 unspecified atom stereocenters. The Bertz CT molecular complexity index is 231. The molecular formula is C11H16O2. The van der Waals surface area contributed by atoms with Crippen molar-refractivity contribution in [1.82, 2.24) is 0 Å². The molecule has 0 aliphatic rings. The van der Waals surface area contributed by atoms with Crippen LogP contribution in [0.3, 0.4) is 0 Å². The predicted octanol–water partition coefficient (Wildman–Crippen LogP) is 2.18. The molecule has 2 heteroatoms. The van der Waals surface area contributed by atoms with Gasteiger partial charge in [0.1, 0.15) is 0 Å². The van der Waals surface area contributed by atoms with Gasteiger partial charge in [-0.1, -0.05) is 44.2 Å². The van der Waals surface area contributed by atoms with Gasteiger partial charge < -0.3 is 9.84 Å². The molecule has 0 aliphatic carbocycles. The van der Waals surface area contributed by atoms with Crippen molar-refractivity contribution in [3.05, 3.63) is 35.9 Å².